The van der Waals surface area contributed by atoms with Crippen LogP contribution in [0.15, 0.2) is 51.8 Å². The Morgan fingerprint density at radius 1 is 1.10 bits per heavy atom. The number of halogens is 1. The average Bonchev–Trinajstić information content (AvgIpc) is 2.38. The lowest BCUT2D eigenvalue weighted by molar-refractivity contribution is 0.100. The third-order valence-corrected chi connectivity index (χ3v) is 5.03. The van der Waals surface area contributed by atoms with Crippen molar-refractivity contribution in [3.8, 4) is 0 Å². The maximum Gasteiger partial charge on any atom is 0.263 e. The summed E-state index contributed by atoms with van der Waals surface area (Å²) >= 11 is 3.17. The smallest absolute Gasteiger partial charge is 0.263 e. The van der Waals surface area contributed by atoms with Gasteiger partial charge in [-0.25, -0.2) is 8.42 Å². The predicted octanol–water partition coefficient (Wildman–Crippen LogP) is 1.93. The number of carbonyl (C=O) groups excluding carboxylic acids is 1. The second-order valence-corrected chi connectivity index (χ2v) is 6.74. The van der Waals surface area contributed by atoms with Crippen molar-refractivity contribution in [2.75, 3.05) is 10.5 Å². The second kappa shape index (κ2) is 5.74. The lowest BCUT2D eigenvalue weighted by Gasteiger charge is -2.10. The van der Waals surface area contributed by atoms with Gasteiger partial charge in [0.15, 0.2) is 0 Å². The first-order chi connectivity index (χ1) is 9.79. The Morgan fingerprint density at radius 3 is 2.24 bits per heavy atom. The van der Waals surface area contributed by atoms with E-state index in [1.807, 2.05) is 0 Å². The number of hydrogen-bond donors (Lipinski definition) is 3. The van der Waals surface area contributed by atoms with Crippen molar-refractivity contribution in [2.45, 2.75) is 4.90 Å². The Labute approximate surface area is 130 Å². The summed E-state index contributed by atoms with van der Waals surface area (Å²) in [5.74, 6) is -0.578. The molecule has 21 heavy (non-hydrogen) atoms. The van der Waals surface area contributed by atoms with E-state index >= 15 is 0 Å². The van der Waals surface area contributed by atoms with E-state index < -0.39 is 15.9 Å². The highest BCUT2D eigenvalue weighted by Crippen LogP contribution is 2.26. The van der Waals surface area contributed by atoms with Gasteiger partial charge in [-0.2, -0.15) is 0 Å². The normalized spacial score (nSPS) is 11.1. The van der Waals surface area contributed by atoms with Crippen molar-refractivity contribution in [3.63, 3.8) is 0 Å². The van der Waals surface area contributed by atoms with Crippen LogP contribution < -0.4 is 16.2 Å². The predicted molar refractivity (Wildman–Crippen MR) is 84.3 cm³/mol. The summed E-state index contributed by atoms with van der Waals surface area (Å²) in [5, 5.41) is 0. The van der Waals surface area contributed by atoms with Crippen LogP contribution in [0, 0.1) is 0 Å². The molecule has 0 aliphatic heterocycles. The molecule has 0 unspecified atom stereocenters. The highest BCUT2D eigenvalue weighted by atomic mass is 79.9. The molecule has 0 radical (unpaired) electrons. The van der Waals surface area contributed by atoms with Crippen LogP contribution in [0.2, 0.25) is 0 Å². The Hall–Kier alpha value is -2.06. The number of amides is 1. The monoisotopic (exact) mass is 369 g/mol. The fraction of sp³-hybridized carbons (Fsp3) is 0. The Balaban J connectivity index is 2.30. The van der Waals surface area contributed by atoms with Gasteiger partial charge in [0, 0.05) is 21.4 Å². The first-order valence-corrected chi connectivity index (χ1v) is 8.05. The maximum atomic E-state index is 12.3. The van der Waals surface area contributed by atoms with E-state index in [9.17, 15) is 13.2 Å². The third-order valence-electron chi connectivity index (χ3n) is 2.67. The topological polar surface area (TPSA) is 115 Å². The van der Waals surface area contributed by atoms with Crippen LogP contribution in [0.1, 0.15) is 10.4 Å². The van der Waals surface area contributed by atoms with E-state index in [1.165, 1.54) is 42.5 Å². The molecule has 6 nitrogen and oxygen atoms in total. The zero-order valence-corrected chi connectivity index (χ0v) is 13.1. The van der Waals surface area contributed by atoms with Gasteiger partial charge in [-0.05, 0) is 58.4 Å². The van der Waals surface area contributed by atoms with E-state index in [0.29, 0.717) is 21.4 Å². The van der Waals surface area contributed by atoms with Crippen LogP contribution in [-0.4, -0.2) is 14.3 Å². The fourth-order valence-electron chi connectivity index (χ4n) is 1.65. The van der Waals surface area contributed by atoms with Gasteiger partial charge in [0.05, 0.1) is 0 Å². The van der Waals surface area contributed by atoms with Crippen LogP contribution in [0.3, 0.4) is 0 Å². The standard InChI is InChI=1S/C13H12BrN3O3S/c14-11-7-9(15)3-6-12(11)21(19,20)17-10-4-1-8(2-5-10)13(16)18/h1-7,17H,15H2,(H2,16,18). The van der Waals surface area contributed by atoms with Gasteiger partial charge in [-0.1, -0.05) is 0 Å². The van der Waals surface area contributed by atoms with Crippen LogP contribution in [0.25, 0.3) is 0 Å². The minimum absolute atomic E-state index is 0.0654. The number of nitrogens with two attached hydrogens (primary N) is 2. The summed E-state index contributed by atoms with van der Waals surface area (Å²) in [6.07, 6.45) is 0. The van der Waals surface area contributed by atoms with Crippen LogP contribution >= 0.6 is 15.9 Å². The summed E-state index contributed by atoms with van der Waals surface area (Å²) in [7, 11) is -3.76. The molecule has 2 aromatic rings. The Morgan fingerprint density at radius 2 is 1.71 bits per heavy atom. The average molecular weight is 370 g/mol. The highest BCUT2D eigenvalue weighted by Gasteiger charge is 2.17. The first-order valence-electron chi connectivity index (χ1n) is 5.77. The molecule has 0 spiro atoms. The fourth-order valence-corrected chi connectivity index (χ4v) is 3.80. The van der Waals surface area contributed by atoms with E-state index in [4.69, 9.17) is 11.5 Å². The first kappa shape index (κ1) is 15.3. The maximum absolute atomic E-state index is 12.3. The van der Waals surface area contributed by atoms with Gasteiger partial charge < -0.3 is 11.5 Å². The van der Waals surface area contributed by atoms with Crippen molar-refractivity contribution in [3.05, 3.63) is 52.5 Å². The number of anilines is 2. The van der Waals surface area contributed by atoms with Crippen LogP contribution in [-0.2, 0) is 10.0 Å². The van der Waals surface area contributed by atoms with Gasteiger partial charge in [0.2, 0.25) is 5.91 Å². The number of primary amides is 1. The number of sulfonamides is 1. The quantitative estimate of drug-likeness (QED) is 0.713. The molecule has 0 saturated carbocycles. The Kier molecular flexibility index (Phi) is 4.19. The highest BCUT2D eigenvalue weighted by molar-refractivity contribution is 9.10. The number of benzene rings is 2. The number of hydrogen-bond acceptors (Lipinski definition) is 4. The van der Waals surface area contributed by atoms with Crippen LogP contribution in [0.5, 0.6) is 0 Å². The molecule has 0 heterocycles. The third kappa shape index (κ3) is 3.53. The van der Waals surface area contributed by atoms with E-state index in [2.05, 4.69) is 20.7 Å². The van der Waals surface area contributed by atoms with Crippen molar-refractivity contribution in [1.29, 1.82) is 0 Å². The van der Waals surface area contributed by atoms with Crippen molar-refractivity contribution >= 4 is 43.2 Å². The van der Waals surface area contributed by atoms with Crippen molar-refractivity contribution < 1.29 is 13.2 Å². The molecular formula is C13H12BrN3O3S. The summed E-state index contributed by atoms with van der Waals surface area (Å²) in [6, 6.07) is 10.2. The lowest BCUT2D eigenvalue weighted by atomic mass is 10.2. The zero-order valence-electron chi connectivity index (χ0n) is 10.7. The van der Waals surface area contributed by atoms with Crippen molar-refractivity contribution in [2.24, 2.45) is 5.73 Å². The van der Waals surface area contributed by atoms with Gasteiger partial charge in [0.1, 0.15) is 4.90 Å². The molecule has 0 aliphatic rings. The molecule has 2 rings (SSSR count). The molecular weight excluding hydrogens is 358 g/mol. The van der Waals surface area contributed by atoms with E-state index in [-0.39, 0.29) is 4.90 Å². The number of nitrogens with one attached hydrogen (secondary N) is 1. The summed E-state index contributed by atoms with van der Waals surface area (Å²) in [6.45, 7) is 0. The molecule has 0 atom stereocenters. The summed E-state index contributed by atoms with van der Waals surface area (Å²) in [4.78, 5) is 11.0. The molecule has 0 bridgehead atoms. The minimum atomic E-state index is -3.76. The summed E-state index contributed by atoms with van der Waals surface area (Å²) < 4.78 is 27.3. The molecule has 0 aromatic heterocycles. The van der Waals surface area contributed by atoms with Crippen LogP contribution in [0.4, 0.5) is 11.4 Å². The molecule has 0 saturated heterocycles. The molecule has 8 heteroatoms. The van der Waals surface area contributed by atoms with E-state index in [0.717, 1.165) is 0 Å². The number of carbonyl (C=O) groups is 1. The minimum Gasteiger partial charge on any atom is -0.399 e. The van der Waals surface area contributed by atoms with Gasteiger partial charge in [0.25, 0.3) is 10.0 Å². The van der Waals surface area contributed by atoms with Crippen molar-refractivity contribution in [1.82, 2.24) is 0 Å². The largest absolute Gasteiger partial charge is 0.399 e. The molecule has 2 aromatic carbocycles. The van der Waals surface area contributed by atoms with E-state index in [1.54, 1.807) is 0 Å². The number of nitrogen functional groups attached to an aromatic ring is 1. The molecule has 5 N–H and O–H groups in total. The molecule has 0 aliphatic carbocycles. The van der Waals surface area contributed by atoms with Gasteiger partial charge >= 0.3 is 0 Å². The molecule has 110 valence electrons. The Bertz CT molecular complexity index is 789. The molecule has 0 fully saturated rings. The lowest BCUT2D eigenvalue weighted by Crippen LogP contribution is -2.14. The molecule has 1 amide bonds. The second-order valence-electron chi connectivity index (χ2n) is 4.24. The number of rotatable bonds is 4. The van der Waals surface area contributed by atoms with Gasteiger partial charge in [-0.3, -0.25) is 9.52 Å². The summed E-state index contributed by atoms with van der Waals surface area (Å²) in [5.41, 5.74) is 11.8. The zero-order chi connectivity index (χ0) is 15.6. The SMILES string of the molecule is NC(=O)c1ccc(NS(=O)(=O)c2ccc(N)cc2Br)cc1. The van der Waals surface area contributed by atoms with Gasteiger partial charge in [-0.15, -0.1) is 0 Å².